The zero-order chi connectivity index (χ0) is 13.0. The van der Waals surface area contributed by atoms with E-state index in [0.717, 1.165) is 32.2 Å². The van der Waals surface area contributed by atoms with Crippen LogP contribution in [0.1, 0.15) is 62.1 Å². The molecule has 0 aliphatic carbocycles. The van der Waals surface area contributed by atoms with Gasteiger partial charge in [-0.05, 0) is 32.7 Å². The molecule has 2 rings (SSSR count). The summed E-state index contributed by atoms with van der Waals surface area (Å²) in [6.45, 7) is 5.02. The van der Waals surface area contributed by atoms with Crippen LogP contribution >= 0.6 is 0 Å². The third-order valence-corrected chi connectivity index (χ3v) is 3.10. The predicted octanol–water partition coefficient (Wildman–Crippen LogP) is 1.41. The smallest absolute Gasteiger partial charge is 0.292 e. The second-order valence-corrected chi connectivity index (χ2v) is 4.77. The highest BCUT2D eigenvalue weighted by Crippen LogP contribution is 2.20. The minimum atomic E-state index is -0.260. The van der Waals surface area contributed by atoms with E-state index in [2.05, 4.69) is 27.7 Å². The molecule has 18 heavy (non-hydrogen) atoms. The van der Waals surface area contributed by atoms with Gasteiger partial charge in [0.05, 0.1) is 6.04 Å². The number of aromatic nitrogens is 2. The Labute approximate surface area is 107 Å². The second kappa shape index (κ2) is 5.95. The van der Waals surface area contributed by atoms with Gasteiger partial charge >= 0.3 is 0 Å². The number of nitrogens with one attached hydrogen (secondary N) is 2. The fourth-order valence-corrected chi connectivity index (χ4v) is 2.16. The van der Waals surface area contributed by atoms with Gasteiger partial charge in [-0.25, -0.2) is 0 Å². The van der Waals surface area contributed by atoms with E-state index in [4.69, 9.17) is 4.52 Å². The Balaban J connectivity index is 1.94. The monoisotopic (exact) mass is 252 g/mol. The Kier molecular flexibility index (Phi) is 4.30. The number of hydrogen-bond donors (Lipinski definition) is 2. The first-order valence-corrected chi connectivity index (χ1v) is 6.58. The number of carbonyl (C=O) groups excluding carboxylic acids is 1. The standard InChI is InChI=1S/C12H20N4O2/c1-3-5-8(2)14-11(17)10-15-12(18-16-10)9-6-4-7-13-9/h8-9,13H,3-7H2,1-2H3,(H,14,17). The van der Waals surface area contributed by atoms with Crippen LogP contribution in [-0.2, 0) is 0 Å². The molecule has 2 heterocycles. The normalized spacial score (nSPS) is 20.9. The van der Waals surface area contributed by atoms with Crippen LogP contribution in [0.2, 0.25) is 0 Å². The molecule has 1 aromatic heterocycles. The number of rotatable bonds is 5. The SMILES string of the molecule is CCCC(C)NC(=O)c1noc(C2CCCN2)n1. The largest absolute Gasteiger partial charge is 0.347 e. The molecule has 6 heteroatoms. The Bertz CT molecular complexity index is 399. The van der Waals surface area contributed by atoms with E-state index in [9.17, 15) is 4.79 Å². The van der Waals surface area contributed by atoms with Crippen LogP contribution in [0.25, 0.3) is 0 Å². The van der Waals surface area contributed by atoms with E-state index in [1.54, 1.807) is 0 Å². The van der Waals surface area contributed by atoms with Gasteiger partial charge in [0.2, 0.25) is 5.89 Å². The van der Waals surface area contributed by atoms with Gasteiger partial charge in [0.25, 0.3) is 11.7 Å². The van der Waals surface area contributed by atoms with Crippen molar-refractivity contribution in [1.82, 2.24) is 20.8 Å². The van der Waals surface area contributed by atoms with Gasteiger partial charge in [-0.15, -0.1) is 0 Å². The van der Waals surface area contributed by atoms with Crippen molar-refractivity contribution >= 4 is 5.91 Å². The molecule has 1 aliphatic heterocycles. The van der Waals surface area contributed by atoms with Crippen molar-refractivity contribution < 1.29 is 9.32 Å². The van der Waals surface area contributed by atoms with Crippen molar-refractivity contribution in [2.45, 2.75) is 51.6 Å². The maximum Gasteiger partial charge on any atom is 0.292 e. The summed E-state index contributed by atoms with van der Waals surface area (Å²) in [5.41, 5.74) is 0. The third kappa shape index (κ3) is 3.07. The molecule has 0 aromatic carbocycles. The van der Waals surface area contributed by atoms with Gasteiger partial charge in [0.1, 0.15) is 0 Å². The predicted molar refractivity (Wildman–Crippen MR) is 66.1 cm³/mol. The quantitative estimate of drug-likeness (QED) is 0.828. The molecule has 100 valence electrons. The Morgan fingerprint density at radius 2 is 2.50 bits per heavy atom. The topological polar surface area (TPSA) is 80.0 Å². The highest BCUT2D eigenvalue weighted by atomic mass is 16.5. The van der Waals surface area contributed by atoms with E-state index in [1.807, 2.05) is 6.92 Å². The zero-order valence-electron chi connectivity index (χ0n) is 10.9. The summed E-state index contributed by atoms with van der Waals surface area (Å²) in [7, 11) is 0. The molecule has 2 N–H and O–H groups in total. The zero-order valence-corrected chi connectivity index (χ0v) is 10.9. The first kappa shape index (κ1) is 13.0. The third-order valence-electron chi connectivity index (χ3n) is 3.10. The minimum Gasteiger partial charge on any atom is -0.347 e. The van der Waals surface area contributed by atoms with Crippen molar-refractivity contribution in [1.29, 1.82) is 0 Å². The van der Waals surface area contributed by atoms with Crippen molar-refractivity contribution in [3.05, 3.63) is 11.7 Å². The first-order valence-electron chi connectivity index (χ1n) is 6.58. The molecule has 1 fully saturated rings. The van der Waals surface area contributed by atoms with Crippen molar-refractivity contribution in [2.75, 3.05) is 6.54 Å². The molecule has 1 aromatic rings. The van der Waals surface area contributed by atoms with Crippen molar-refractivity contribution in [2.24, 2.45) is 0 Å². The summed E-state index contributed by atoms with van der Waals surface area (Å²) in [6, 6.07) is 0.237. The molecular formula is C12H20N4O2. The van der Waals surface area contributed by atoms with Crippen LogP contribution in [0.3, 0.4) is 0 Å². The molecule has 2 unspecified atom stereocenters. The van der Waals surface area contributed by atoms with Gasteiger partial charge in [-0.2, -0.15) is 4.98 Å². The van der Waals surface area contributed by atoms with Crippen LogP contribution < -0.4 is 10.6 Å². The van der Waals surface area contributed by atoms with Crippen LogP contribution in [0.5, 0.6) is 0 Å². The van der Waals surface area contributed by atoms with Crippen molar-refractivity contribution in [3.63, 3.8) is 0 Å². The van der Waals surface area contributed by atoms with Gasteiger partial charge in [0, 0.05) is 6.04 Å². The lowest BCUT2D eigenvalue weighted by atomic mass is 10.2. The Hall–Kier alpha value is -1.43. The van der Waals surface area contributed by atoms with Gasteiger partial charge in [-0.1, -0.05) is 18.5 Å². The fourth-order valence-electron chi connectivity index (χ4n) is 2.16. The number of amides is 1. The van der Waals surface area contributed by atoms with Crippen LogP contribution in [0.15, 0.2) is 4.52 Å². The molecule has 0 bridgehead atoms. The summed E-state index contributed by atoms with van der Waals surface area (Å²) in [5.74, 6) is 0.381. The lowest BCUT2D eigenvalue weighted by Gasteiger charge is -2.10. The van der Waals surface area contributed by atoms with Gasteiger partial charge in [0.15, 0.2) is 0 Å². The number of nitrogens with zero attached hydrogens (tertiary/aromatic N) is 2. The molecule has 2 atom stereocenters. The molecule has 6 nitrogen and oxygen atoms in total. The van der Waals surface area contributed by atoms with E-state index in [-0.39, 0.29) is 23.8 Å². The number of carbonyl (C=O) groups is 1. The molecule has 1 amide bonds. The van der Waals surface area contributed by atoms with Crippen LogP contribution in [-0.4, -0.2) is 28.6 Å². The molecule has 0 spiro atoms. The summed E-state index contributed by atoms with van der Waals surface area (Å²) >= 11 is 0. The highest BCUT2D eigenvalue weighted by molar-refractivity contribution is 5.90. The summed E-state index contributed by atoms with van der Waals surface area (Å²) in [4.78, 5) is 16.0. The van der Waals surface area contributed by atoms with E-state index in [1.165, 1.54) is 0 Å². The first-order chi connectivity index (χ1) is 8.70. The van der Waals surface area contributed by atoms with E-state index in [0.29, 0.717) is 5.89 Å². The Morgan fingerprint density at radius 3 is 3.17 bits per heavy atom. The maximum atomic E-state index is 11.8. The fraction of sp³-hybridized carbons (Fsp3) is 0.750. The van der Waals surface area contributed by atoms with Crippen LogP contribution in [0.4, 0.5) is 0 Å². The molecule has 1 aliphatic rings. The summed E-state index contributed by atoms with van der Waals surface area (Å²) < 4.78 is 5.13. The lowest BCUT2D eigenvalue weighted by molar-refractivity contribution is 0.0925. The van der Waals surface area contributed by atoms with Gasteiger partial charge < -0.3 is 15.2 Å². The second-order valence-electron chi connectivity index (χ2n) is 4.77. The summed E-state index contributed by atoms with van der Waals surface area (Å²) in [5, 5.41) is 9.85. The maximum absolute atomic E-state index is 11.8. The lowest BCUT2D eigenvalue weighted by Crippen LogP contribution is -2.33. The van der Waals surface area contributed by atoms with E-state index >= 15 is 0 Å². The summed E-state index contributed by atoms with van der Waals surface area (Å²) in [6.07, 6.45) is 4.06. The van der Waals surface area contributed by atoms with Gasteiger partial charge in [-0.3, -0.25) is 4.79 Å². The molecular weight excluding hydrogens is 232 g/mol. The molecule has 0 radical (unpaired) electrons. The average Bonchev–Trinajstić information content (AvgIpc) is 3.00. The average molecular weight is 252 g/mol. The highest BCUT2D eigenvalue weighted by Gasteiger charge is 2.24. The minimum absolute atomic E-state index is 0.104. The number of hydrogen-bond acceptors (Lipinski definition) is 5. The molecule has 0 saturated carbocycles. The molecule has 1 saturated heterocycles. The van der Waals surface area contributed by atoms with E-state index < -0.39 is 0 Å². The van der Waals surface area contributed by atoms with Crippen LogP contribution in [0, 0.1) is 0 Å². The van der Waals surface area contributed by atoms with Crippen molar-refractivity contribution in [3.8, 4) is 0 Å². The Morgan fingerprint density at radius 1 is 1.67 bits per heavy atom.